The van der Waals surface area contributed by atoms with Gasteiger partial charge in [-0.25, -0.2) is 4.79 Å². The normalized spacial score (nSPS) is 10.2. The molecule has 0 bridgehead atoms. The predicted molar refractivity (Wildman–Crippen MR) is 82.3 cm³/mol. The first-order valence-corrected chi connectivity index (χ1v) is 6.37. The van der Waals surface area contributed by atoms with Crippen molar-refractivity contribution in [2.24, 2.45) is 0 Å². The lowest BCUT2D eigenvalue weighted by Crippen LogP contribution is -2.31. The van der Waals surface area contributed by atoms with Gasteiger partial charge in [0.2, 0.25) is 0 Å². The molecule has 0 radical (unpaired) electrons. The average Bonchev–Trinajstić information content (AvgIpc) is 2.42. The second-order valence-corrected chi connectivity index (χ2v) is 4.79. The summed E-state index contributed by atoms with van der Waals surface area (Å²) in [6.45, 7) is 1.90. The topological polar surface area (TPSA) is 71.2 Å². The van der Waals surface area contributed by atoms with Gasteiger partial charge in [0, 0.05) is 24.0 Å². The molecule has 0 saturated heterocycles. The van der Waals surface area contributed by atoms with Crippen molar-refractivity contribution in [3.63, 3.8) is 0 Å². The quantitative estimate of drug-likeness (QED) is 0.891. The highest BCUT2D eigenvalue weighted by atomic mass is 35.5. The first-order chi connectivity index (χ1) is 9.49. The van der Waals surface area contributed by atoms with Gasteiger partial charge in [0.05, 0.1) is 17.6 Å². The van der Waals surface area contributed by atoms with E-state index < -0.39 is 0 Å². The van der Waals surface area contributed by atoms with Gasteiger partial charge in [-0.05, 0) is 30.7 Å². The van der Waals surface area contributed by atoms with Crippen LogP contribution >= 0.6 is 11.6 Å². The standard InChI is InChI=1S/C14H15ClN4O/c1-9-3-4-10(7-11(9)15)18-14(20)19(2)13-5-6-17-8-12(13)16/h3-8H,16H2,1-2H3,(H,18,20). The molecule has 1 heterocycles. The zero-order valence-corrected chi connectivity index (χ0v) is 12.0. The number of hydrogen-bond acceptors (Lipinski definition) is 3. The van der Waals surface area contributed by atoms with Gasteiger partial charge in [-0.3, -0.25) is 9.88 Å². The Hall–Kier alpha value is -2.27. The van der Waals surface area contributed by atoms with Gasteiger partial charge < -0.3 is 11.1 Å². The largest absolute Gasteiger partial charge is 0.396 e. The van der Waals surface area contributed by atoms with Crippen molar-refractivity contribution in [3.05, 3.63) is 47.2 Å². The van der Waals surface area contributed by atoms with E-state index in [4.69, 9.17) is 17.3 Å². The summed E-state index contributed by atoms with van der Waals surface area (Å²) in [4.78, 5) is 17.5. The molecule has 104 valence electrons. The Morgan fingerprint density at radius 1 is 1.40 bits per heavy atom. The highest BCUT2D eigenvalue weighted by Crippen LogP contribution is 2.23. The molecule has 0 spiro atoms. The molecule has 0 fully saturated rings. The van der Waals surface area contributed by atoms with Crippen LogP contribution in [0.2, 0.25) is 5.02 Å². The van der Waals surface area contributed by atoms with Gasteiger partial charge in [-0.1, -0.05) is 17.7 Å². The summed E-state index contributed by atoms with van der Waals surface area (Å²) < 4.78 is 0. The number of urea groups is 1. The van der Waals surface area contributed by atoms with Crippen LogP contribution in [-0.2, 0) is 0 Å². The van der Waals surface area contributed by atoms with E-state index in [1.165, 1.54) is 11.1 Å². The number of carbonyl (C=O) groups is 1. The molecule has 5 nitrogen and oxygen atoms in total. The van der Waals surface area contributed by atoms with Gasteiger partial charge in [0.25, 0.3) is 0 Å². The fourth-order valence-corrected chi connectivity index (χ4v) is 1.87. The molecule has 2 rings (SSSR count). The smallest absolute Gasteiger partial charge is 0.326 e. The lowest BCUT2D eigenvalue weighted by molar-refractivity contribution is 0.258. The number of halogens is 1. The number of benzene rings is 1. The van der Waals surface area contributed by atoms with Crippen LogP contribution in [0, 0.1) is 6.92 Å². The molecule has 1 aromatic heterocycles. The SMILES string of the molecule is Cc1ccc(NC(=O)N(C)c2ccncc2N)cc1Cl. The second-order valence-electron chi connectivity index (χ2n) is 4.39. The maximum absolute atomic E-state index is 12.2. The number of nitrogens with two attached hydrogens (primary N) is 1. The van der Waals surface area contributed by atoms with Gasteiger partial charge in [0.1, 0.15) is 0 Å². The molecule has 0 aliphatic heterocycles. The summed E-state index contributed by atoms with van der Waals surface area (Å²) in [6, 6.07) is 6.72. The number of anilines is 3. The summed E-state index contributed by atoms with van der Waals surface area (Å²) in [5, 5.41) is 3.37. The van der Waals surface area contributed by atoms with Gasteiger partial charge in [-0.2, -0.15) is 0 Å². The van der Waals surface area contributed by atoms with Crippen LogP contribution in [0.25, 0.3) is 0 Å². The minimum absolute atomic E-state index is 0.303. The van der Waals surface area contributed by atoms with E-state index in [9.17, 15) is 4.79 Å². The molecule has 6 heteroatoms. The minimum atomic E-state index is -0.303. The summed E-state index contributed by atoms with van der Waals surface area (Å²) in [6.07, 6.45) is 3.08. The number of hydrogen-bond donors (Lipinski definition) is 2. The first-order valence-electron chi connectivity index (χ1n) is 5.99. The average molecular weight is 291 g/mol. The van der Waals surface area contributed by atoms with Crippen LogP contribution < -0.4 is 16.0 Å². The molecule has 0 aliphatic rings. The Morgan fingerprint density at radius 3 is 2.80 bits per heavy atom. The van der Waals surface area contributed by atoms with Crippen molar-refractivity contribution < 1.29 is 4.79 Å². The Bertz CT molecular complexity index is 645. The van der Waals surface area contributed by atoms with Crippen LogP contribution in [0.3, 0.4) is 0 Å². The highest BCUT2D eigenvalue weighted by Gasteiger charge is 2.13. The van der Waals surface area contributed by atoms with Crippen molar-refractivity contribution in [2.75, 3.05) is 23.0 Å². The fraction of sp³-hybridized carbons (Fsp3) is 0.143. The summed E-state index contributed by atoms with van der Waals surface area (Å²) in [7, 11) is 1.64. The third-order valence-electron chi connectivity index (χ3n) is 2.92. The van der Waals surface area contributed by atoms with Gasteiger partial charge >= 0.3 is 6.03 Å². The zero-order chi connectivity index (χ0) is 14.7. The lowest BCUT2D eigenvalue weighted by atomic mass is 10.2. The number of rotatable bonds is 2. The monoisotopic (exact) mass is 290 g/mol. The highest BCUT2D eigenvalue weighted by molar-refractivity contribution is 6.31. The van der Waals surface area contributed by atoms with Crippen LogP contribution in [0.1, 0.15) is 5.56 Å². The molecule has 3 N–H and O–H groups in total. The predicted octanol–water partition coefficient (Wildman–Crippen LogP) is 3.29. The van der Waals surface area contributed by atoms with E-state index in [0.29, 0.717) is 22.1 Å². The number of nitrogens with one attached hydrogen (secondary N) is 1. The van der Waals surface area contributed by atoms with E-state index in [1.54, 1.807) is 31.4 Å². The van der Waals surface area contributed by atoms with Crippen molar-refractivity contribution >= 4 is 34.7 Å². The molecule has 0 saturated carbocycles. The Kier molecular flexibility index (Phi) is 4.10. The number of aromatic nitrogens is 1. The third kappa shape index (κ3) is 3.00. The van der Waals surface area contributed by atoms with E-state index in [1.807, 2.05) is 13.0 Å². The molecule has 0 atom stereocenters. The van der Waals surface area contributed by atoms with E-state index in [-0.39, 0.29) is 6.03 Å². The van der Waals surface area contributed by atoms with Crippen LogP contribution in [0.4, 0.5) is 21.9 Å². The summed E-state index contributed by atoms with van der Waals surface area (Å²) in [5.74, 6) is 0. The molecular weight excluding hydrogens is 276 g/mol. The Balaban J connectivity index is 2.15. The van der Waals surface area contributed by atoms with Gasteiger partial charge in [0.15, 0.2) is 0 Å². The van der Waals surface area contributed by atoms with Crippen molar-refractivity contribution in [1.82, 2.24) is 4.98 Å². The van der Waals surface area contributed by atoms with E-state index in [2.05, 4.69) is 10.3 Å². The molecule has 2 amide bonds. The number of nitrogens with zero attached hydrogens (tertiary/aromatic N) is 2. The van der Waals surface area contributed by atoms with E-state index >= 15 is 0 Å². The second kappa shape index (κ2) is 5.79. The third-order valence-corrected chi connectivity index (χ3v) is 3.32. The van der Waals surface area contributed by atoms with Crippen LogP contribution in [0.5, 0.6) is 0 Å². The zero-order valence-electron chi connectivity index (χ0n) is 11.2. The number of carbonyl (C=O) groups excluding carboxylic acids is 1. The van der Waals surface area contributed by atoms with Crippen molar-refractivity contribution in [2.45, 2.75) is 6.92 Å². The first kappa shape index (κ1) is 14.1. The number of pyridine rings is 1. The number of aryl methyl sites for hydroxylation is 1. The molecule has 2 aromatic rings. The number of nitrogen functional groups attached to an aromatic ring is 1. The van der Waals surface area contributed by atoms with Crippen molar-refractivity contribution in [1.29, 1.82) is 0 Å². The minimum Gasteiger partial charge on any atom is -0.396 e. The van der Waals surface area contributed by atoms with Crippen LogP contribution in [0.15, 0.2) is 36.7 Å². The molecule has 0 unspecified atom stereocenters. The summed E-state index contributed by atoms with van der Waals surface area (Å²) >= 11 is 6.03. The molecule has 0 aliphatic carbocycles. The maximum atomic E-state index is 12.2. The molecule has 1 aromatic carbocycles. The maximum Gasteiger partial charge on any atom is 0.326 e. The van der Waals surface area contributed by atoms with Crippen molar-refractivity contribution in [3.8, 4) is 0 Å². The van der Waals surface area contributed by atoms with Crippen LogP contribution in [-0.4, -0.2) is 18.1 Å². The lowest BCUT2D eigenvalue weighted by Gasteiger charge is -2.19. The van der Waals surface area contributed by atoms with E-state index in [0.717, 1.165) is 5.56 Å². The fourth-order valence-electron chi connectivity index (χ4n) is 1.69. The molecule has 20 heavy (non-hydrogen) atoms. The summed E-state index contributed by atoms with van der Waals surface area (Å²) in [5.41, 5.74) is 8.41. The molecular formula is C14H15ClN4O. The Labute approximate surface area is 122 Å². The number of amides is 2. The Morgan fingerprint density at radius 2 is 2.15 bits per heavy atom. The van der Waals surface area contributed by atoms with Gasteiger partial charge in [-0.15, -0.1) is 0 Å².